The summed E-state index contributed by atoms with van der Waals surface area (Å²) >= 11 is 0. The number of hydrogen-bond donors (Lipinski definition) is 0. The third kappa shape index (κ3) is 4.18. The third-order valence-electron chi connectivity index (χ3n) is 4.39. The van der Waals surface area contributed by atoms with Crippen LogP contribution in [0, 0.1) is 0 Å². The van der Waals surface area contributed by atoms with Gasteiger partial charge >= 0.3 is 0 Å². The van der Waals surface area contributed by atoms with E-state index in [-0.39, 0.29) is 12.4 Å². The molecule has 134 valence electrons. The molecule has 0 unspecified atom stereocenters. The summed E-state index contributed by atoms with van der Waals surface area (Å²) in [6, 6.07) is 21.1. The zero-order valence-corrected chi connectivity index (χ0v) is 15.5. The molecule has 26 heavy (non-hydrogen) atoms. The first-order chi connectivity index (χ1) is 12.3. The maximum absolute atomic E-state index is 5.44. The number of likely N-dealkylation sites (N-methyl/N-ethyl adjacent to an activating group) is 1. The highest BCUT2D eigenvalue weighted by atomic mass is 35.5. The Bertz CT molecular complexity index is 923. The number of ether oxygens (including phenoxy) is 2. The molecule has 1 heterocycles. The Morgan fingerprint density at radius 2 is 1.73 bits per heavy atom. The summed E-state index contributed by atoms with van der Waals surface area (Å²) in [5.41, 5.74) is 2.46. The molecule has 0 spiro atoms. The average molecular weight is 368 g/mol. The van der Waals surface area contributed by atoms with E-state index in [2.05, 4.69) is 78.7 Å². The molecule has 0 saturated heterocycles. The van der Waals surface area contributed by atoms with Crippen LogP contribution >= 0.6 is 12.4 Å². The molecule has 0 fully saturated rings. The van der Waals surface area contributed by atoms with Crippen LogP contribution in [-0.4, -0.2) is 25.3 Å². The van der Waals surface area contributed by atoms with Crippen molar-refractivity contribution < 1.29 is 9.47 Å². The fraction of sp³-hybridized carbons (Fsp3) is 0.182. The van der Waals surface area contributed by atoms with Crippen molar-refractivity contribution in [3.63, 3.8) is 0 Å². The molecule has 0 atom stereocenters. The Morgan fingerprint density at radius 3 is 2.62 bits per heavy atom. The number of nitrogens with zero attached hydrogens (tertiary/aromatic N) is 1. The summed E-state index contributed by atoms with van der Waals surface area (Å²) in [4.78, 5) is 2.27. The van der Waals surface area contributed by atoms with Gasteiger partial charge in [0, 0.05) is 13.1 Å². The minimum absolute atomic E-state index is 0. The Labute approximate surface area is 160 Å². The fourth-order valence-corrected chi connectivity index (χ4v) is 3.10. The molecule has 0 radical (unpaired) electrons. The van der Waals surface area contributed by atoms with Gasteiger partial charge in [-0.05, 0) is 47.1 Å². The van der Waals surface area contributed by atoms with E-state index in [1.165, 1.54) is 21.9 Å². The lowest BCUT2D eigenvalue weighted by molar-refractivity contribution is 0.174. The van der Waals surface area contributed by atoms with Crippen molar-refractivity contribution in [3.8, 4) is 11.5 Å². The molecule has 1 aliphatic heterocycles. The van der Waals surface area contributed by atoms with E-state index in [0.29, 0.717) is 6.79 Å². The minimum Gasteiger partial charge on any atom is -0.454 e. The highest BCUT2D eigenvalue weighted by Gasteiger charge is 2.13. The molecule has 4 heteroatoms. The molecule has 0 amide bonds. The first kappa shape index (κ1) is 18.3. The number of rotatable bonds is 5. The molecule has 0 aliphatic carbocycles. The van der Waals surface area contributed by atoms with Crippen LogP contribution in [0.15, 0.2) is 66.7 Å². The topological polar surface area (TPSA) is 21.7 Å². The molecule has 3 aromatic rings. The van der Waals surface area contributed by atoms with Gasteiger partial charge in [0.2, 0.25) is 6.79 Å². The van der Waals surface area contributed by atoms with Crippen molar-refractivity contribution in [2.75, 3.05) is 20.4 Å². The summed E-state index contributed by atoms with van der Waals surface area (Å²) < 4.78 is 10.8. The molecule has 0 saturated carbocycles. The number of hydrogen-bond acceptors (Lipinski definition) is 3. The van der Waals surface area contributed by atoms with Gasteiger partial charge in [-0.3, -0.25) is 4.90 Å². The monoisotopic (exact) mass is 367 g/mol. The molecule has 4 rings (SSSR count). The number of halogens is 1. The van der Waals surface area contributed by atoms with Gasteiger partial charge in [-0.2, -0.15) is 0 Å². The molecule has 0 aromatic heterocycles. The van der Waals surface area contributed by atoms with E-state index < -0.39 is 0 Å². The lowest BCUT2D eigenvalue weighted by atomic mass is 10.1. The summed E-state index contributed by atoms with van der Waals surface area (Å²) in [5.74, 6) is 1.68. The standard InChI is InChI=1S/C22H21NO2.ClH/c1-23(15-18-9-11-21-22(14-18)25-16-24-21)12-4-5-17-8-10-19-6-2-3-7-20(19)13-17;/h2-11,13-14H,12,15-16H2,1H3;1H/b5-4+;. The lowest BCUT2D eigenvalue weighted by Crippen LogP contribution is -2.17. The highest BCUT2D eigenvalue weighted by Crippen LogP contribution is 2.32. The summed E-state index contributed by atoms with van der Waals surface area (Å²) in [5, 5.41) is 2.55. The quantitative estimate of drug-likeness (QED) is 0.623. The van der Waals surface area contributed by atoms with E-state index in [4.69, 9.17) is 9.47 Å². The second-order valence-electron chi connectivity index (χ2n) is 6.39. The summed E-state index contributed by atoms with van der Waals surface area (Å²) in [7, 11) is 2.12. The van der Waals surface area contributed by atoms with Crippen molar-refractivity contribution >= 4 is 29.3 Å². The normalized spacial score (nSPS) is 12.7. The first-order valence-corrected chi connectivity index (χ1v) is 8.50. The van der Waals surface area contributed by atoms with E-state index >= 15 is 0 Å². The van der Waals surface area contributed by atoms with Gasteiger partial charge in [0.1, 0.15) is 0 Å². The molecule has 0 bridgehead atoms. The minimum atomic E-state index is 0. The molecule has 3 aromatic carbocycles. The van der Waals surface area contributed by atoms with E-state index in [1.54, 1.807) is 0 Å². The lowest BCUT2D eigenvalue weighted by Gasteiger charge is -2.14. The summed E-state index contributed by atoms with van der Waals surface area (Å²) in [6.07, 6.45) is 4.39. The predicted molar refractivity (Wildman–Crippen MR) is 109 cm³/mol. The average Bonchev–Trinajstić information content (AvgIpc) is 3.09. The van der Waals surface area contributed by atoms with Crippen molar-refractivity contribution in [3.05, 3.63) is 77.9 Å². The Balaban J connectivity index is 0.00000196. The van der Waals surface area contributed by atoms with Gasteiger partial charge < -0.3 is 9.47 Å². The van der Waals surface area contributed by atoms with Crippen LogP contribution < -0.4 is 9.47 Å². The fourth-order valence-electron chi connectivity index (χ4n) is 3.10. The second kappa shape index (κ2) is 8.26. The Kier molecular flexibility index (Phi) is 5.82. The van der Waals surface area contributed by atoms with Gasteiger partial charge in [0.05, 0.1) is 0 Å². The number of fused-ring (bicyclic) bond motifs is 2. The van der Waals surface area contributed by atoms with Gasteiger partial charge in [-0.25, -0.2) is 0 Å². The zero-order chi connectivity index (χ0) is 17.1. The van der Waals surface area contributed by atoms with Crippen molar-refractivity contribution in [2.24, 2.45) is 0 Å². The maximum Gasteiger partial charge on any atom is 0.231 e. The molecular formula is C22H22ClNO2. The van der Waals surface area contributed by atoms with Gasteiger partial charge in [0.25, 0.3) is 0 Å². The van der Waals surface area contributed by atoms with Gasteiger partial charge in [-0.15, -0.1) is 12.4 Å². The smallest absolute Gasteiger partial charge is 0.231 e. The van der Waals surface area contributed by atoms with Crippen LogP contribution in [0.2, 0.25) is 0 Å². The van der Waals surface area contributed by atoms with E-state index in [0.717, 1.165) is 24.6 Å². The molecule has 0 N–H and O–H groups in total. The van der Waals surface area contributed by atoms with Crippen molar-refractivity contribution in [2.45, 2.75) is 6.54 Å². The Hall–Kier alpha value is -2.49. The van der Waals surface area contributed by atoms with Crippen LogP contribution in [0.25, 0.3) is 16.8 Å². The van der Waals surface area contributed by atoms with Crippen LogP contribution in [0.5, 0.6) is 11.5 Å². The van der Waals surface area contributed by atoms with E-state index in [9.17, 15) is 0 Å². The SMILES string of the molecule is CN(C/C=C/c1ccc2ccccc2c1)Cc1ccc2c(c1)OCO2.Cl. The molecular weight excluding hydrogens is 346 g/mol. The van der Waals surface area contributed by atoms with Crippen molar-refractivity contribution in [1.29, 1.82) is 0 Å². The Morgan fingerprint density at radius 1 is 0.923 bits per heavy atom. The second-order valence-corrected chi connectivity index (χ2v) is 6.39. The zero-order valence-electron chi connectivity index (χ0n) is 14.7. The molecule has 3 nitrogen and oxygen atoms in total. The van der Waals surface area contributed by atoms with E-state index in [1.807, 2.05) is 6.07 Å². The maximum atomic E-state index is 5.44. The molecule has 1 aliphatic rings. The van der Waals surface area contributed by atoms with Crippen LogP contribution in [0.3, 0.4) is 0 Å². The summed E-state index contributed by atoms with van der Waals surface area (Å²) in [6.45, 7) is 2.09. The predicted octanol–water partition coefficient (Wildman–Crippen LogP) is 5.14. The first-order valence-electron chi connectivity index (χ1n) is 8.50. The van der Waals surface area contributed by atoms with Crippen LogP contribution in [-0.2, 0) is 6.54 Å². The van der Waals surface area contributed by atoms with Crippen LogP contribution in [0.4, 0.5) is 0 Å². The van der Waals surface area contributed by atoms with Crippen molar-refractivity contribution in [1.82, 2.24) is 4.90 Å². The third-order valence-corrected chi connectivity index (χ3v) is 4.39. The number of benzene rings is 3. The largest absolute Gasteiger partial charge is 0.454 e. The highest BCUT2D eigenvalue weighted by molar-refractivity contribution is 5.85. The van der Waals surface area contributed by atoms with Gasteiger partial charge in [-0.1, -0.05) is 54.6 Å². The van der Waals surface area contributed by atoms with Crippen LogP contribution in [0.1, 0.15) is 11.1 Å². The van der Waals surface area contributed by atoms with Gasteiger partial charge in [0.15, 0.2) is 11.5 Å².